The van der Waals surface area contributed by atoms with Crippen LogP contribution in [0.4, 0.5) is 0 Å². The van der Waals surface area contributed by atoms with Gasteiger partial charge in [-0.1, -0.05) is 26.2 Å². The normalized spacial score (nSPS) is 25.8. The van der Waals surface area contributed by atoms with Crippen molar-refractivity contribution < 1.29 is 9.53 Å². The SMILES string of the molecule is CCc1ccsc1C(=O)C1CCOC2(CCCCC2)C1. The summed E-state index contributed by atoms with van der Waals surface area (Å²) in [6, 6.07) is 2.10. The summed E-state index contributed by atoms with van der Waals surface area (Å²) in [5, 5.41) is 2.06. The van der Waals surface area contributed by atoms with Crippen molar-refractivity contribution in [3.05, 3.63) is 21.9 Å². The van der Waals surface area contributed by atoms with E-state index < -0.39 is 0 Å². The lowest BCUT2D eigenvalue weighted by Crippen LogP contribution is -2.43. The molecular formula is C17H24O2S. The fraction of sp³-hybridized carbons (Fsp3) is 0.706. The van der Waals surface area contributed by atoms with Crippen molar-refractivity contribution in [1.82, 2.24) is 0 Å². The van der Waals surface area contributed by atoms with Crippen molar-refractivity contribution in [1.29, 1.82) is 0 Å². The van der Waals surface area contributed by atoms with E-state index in [0.717, 1.165) is 43.6 Å². The lowest BCUT2D eigenvalue weighted by atomic mass is 9.74. The van der Waals surface area contributed by atoms with E-state index in [1.165, 1.54) is 24.8 Å². The Balaban J connectivity index is 1.75. The minimum absolute atomic E-state index is 0.0282. The average molecular weight is 292 g/mol. The Hall–Kier alpha value is -0.670. The summed E-state index contributed by atoms with van der Waals surface area (Å²) in [5.74, 6) is 0.566. The first-order chi connectivity index (χ1) is 9.74. The summed E-state index contributed by atoms with van der Waals surface area (Å²) in [6.07, 6.45) is 8.98. The summed E-state index contributed by atoms with van der Waals surface area (Å²) >= 11 is 1.62. The fourth-order valence-corrected chi connectivity index (χ4v) is 4.83. The van der Waals surface area contributed by atoms with E-state index >= 15 is 0 Å². The van der Waals surface area contributed by atoms with E-state index in [1.54, 1.807) is 11.3 Å². The van der Waals surface area contributed by atoms with Gasteiger partial charge in [0, 0.05) is 12.5 Å². The summed E-state index contributed by atoms with van der Waals surface area (Å²) in [7, 11) is 0. The molecule has 0 bridgehead atoms. The van der Waals surface area contributed by atoms with Gasteiger partial charge >= 0.3 is 0 Å². The Morgan fingerprint density at radius 1 is 1.40 bits per heavy atom. The molecule has 1 aromatic rings. The summed E-state index contributed by atoms with van der Waals surface area (Å²) in [5.41, 5.74) is 1.25. The zero-order chi connectivity index (χ0) is 14.0. The molecule has 0 aromatic carbocycles. The van der Waals surface area contributed by atoms with Gasteiger partial charge in [0.05, 0.1) is 10.5 Å². The lowest BCUT2D eigenvalue weighted by Gasteiger charge is -2.43. The molecule has 3 heteroatoms. The average Bonchev–Trinajstić information content (AvgIpc) is 2.96. The molecule has 2 nitrogen and oxygen atoms in total. The number of carbonyl (C=O) groups is 1. The highest BCUT2D eigenvalue weighted by molar-refractivity contribution is 7.12. The largest absolute Gasteiger partial charge is 0.375 e. The molecule has 110 valence electrons. The second kappa shape index (κ2) is 5.98. The molecular weight excluding hydrogens is 268 g/mol. The van der Waals surface area contributed by atoms with E-state index in [-0.39, 0.29) is 11.5 Å². The van der Waals surface area contributed by atoms with Gasteiger partial charge in [0.2, 0.25) is 0 Å². The number of ketones is 1. The van der Waals surface area contributed by atoms with Gasteiger partial charge in [-0.2, -0.15) is 0 Å². The molecule has 1 atom stereocenters. The van der Waals surface area contributed by atoms with Crippen LogP contribution in [0.25, 0.3) is 0 Å². The Morgan fingerprint density at radius 3 is 2.95 bits per heavy atom. The number of rotatable bonds is 3. The molecule has 20 heavy (non-hydrogen) atoms. The number of thiophene rings is 1. The van der Waals surface area contributed by atoms with Gasteiger partial charge in [-0.25, -0.2) is 0 Å². The first-order valence-corrected chi connectivity index (χ1v) is 8.86. The van der Waals surface area contributed by atoms with Crippen molar-refractivity contribution in [2.75, 3.05) is 6.61 Å². The highest BCUT2D eigenvalue weighted by Crippen LogP contribution is 2.42. The smallest absolute Gasteiger partial charge is 0.176 e. The summed E-state index contributed by atoms with van der Waals surface area (Å²) in [6.45, 7) is 2.90. The Kier molecular flexibility index (Phi) is 4.27. The molecule has 2 aliphatic rings. The first kappa shape index (κ1) is 14.3. The third-order valence-electron chi connectivity index (χ3n) is 4.98. The maximum Gasteiger partial charge on any atom is 0.176 e. The standard InChI is InChI=1S/C17H24O2S/c1-2-13-7-11-20-16(13)15(18)14-6-10-19-17(12-14)8-4-3-5-9-17/h7,11,14H,2-6,8-10,12H2,1H3. The summed E-state index contributed by atoms with van der Waals surface area (Å²) in [4.78, 5) is 13.8. The molecule has 1 spiro atoms. The Labute approximate surface area is 125 Å². The molecule has 1 unspecified atom stereocenters. The third kappa shape index (κ3) is 2.71. The van der Waals surface area contributed by atoms with Crippen LogP contribution in [0, 0.1) is 5.92 Å². The molecule has 2 fully saturated rings. The van der Waals surface area contributed by atoms with E-state index in [9.17, 15) is 4.79 Å². The fourth-order valence-electron chi connectivity index (χ4n) is 3.81. The molecule has 1 aromatic heterocycles. The number of carbonyl (C=O) groups excluding carboxylic acids is 1. The lowest BCUT2D eigenvalue weighted by molar-refractivity contribution is -0.111. The zero-order valence-corrected chi connectivity index (χ0v) is 13.1. The van der Waals surface area contributed by atoms with Gasteiger partial charge in [0.25, 0.3) is 0 Å². The van der Waals surface area contributed by atoms with E-state index in [1.807, 2.05) is 0 Å². The molecule has 0 radical (unpaired) electrons. The van der Waals surface area contributed by atoms with Crippen LogP contribution in [-0.4, -0.2) is 18.0 Å². The molecule has 0 amide bonds. The highest BCUT2D eigenvalue weighted by atomic mass is 32.1. The number of hydrogen-bond acceptors (Lipinski definition) is 3. The predicted molar refractivity (Wildman–Crippen MR) is 82.5 cm³/mol. The number of aryl methyl sites for hydroxylation is 1. The van der Waals surface area contributed by atoms with E-state index in [4.69, 9.17) is 4.74 Å². The Bertz CT molecular complexity index is 466. The van der Waals surface area contributed by atoms with Crippen LogP contribution >= 0.6 is 11.3 Å². The molecule has 1 saturated carbocycles. The minimum Gasteiger partial charge on any atom is -0.375 e. The van der Waals surface area contributed by atoms with Gasteiger partial charge in [-0.3, -0.25) is 4.79 Å². The summed E-state index contributed by atoms with van der Waals surface area (Å²) < 4.78 is 6.11. The number of ether oxygens (including phenoxy) is 1. The quantitative estimate of drug-likeness (QED) is 0.760. The third-order valence-corrected chi connectivity index (χ3v) is 5.95. The molecule has 0 N–H and O–H groups in total. The molecule has 1 saturated heterocycles. The minimum atomic E-state index is 0.0282. The molecule has 1 aliphatic heterocycles. The van der Waals surface area contributed by atoms with Crippen LogP contribution in [0.1, 0.15) is 67.1 Å². The van der Waals surface area contributed by atoms with Crippen molar-refractivity contribution in [2.24, 2.45) is 5.92 Å². The van der Waals surface area contributed by atoms with E-state index in [2.05, 4.69) is 18.4 Å². The van der Waals surface area contributed by atoms with Gasteiger partial charge in [0.15, 0.2) is 5.78 Å². The zero-order valence-electron chi connectivity index (χ0n) is 12.3. The topological polar surface area (TPSA) is 26.3 Å². The van der Waals surface area contributed by atoms with Gasteiger partial charge in [-0.05, 0) is 49.1 Å². The number of hydrogen-bond donors (Lipinski definition) is 0. The maximum absolute atomic E-state index is 12.8. The van der Waals surface area contributed by atoms with Crippen LogP contribution < -0.4 is 0 Å². The predicted octanol–water partition coefficient (Wildman–Crippen LogP) is 4.62. The van der Waals surface area contributed by atoms with Crippen molar-refractivity contribution >= 4 is 17.1 Å². The molecule has 3 rings (SSSR count). The van der Waals surface area contributed by atoms with Crippen LogP contribution in [0.2, 0.25) is 0 Å². The monoisotopic (exact) mass is 292 g/mol. The van der Waals surface area contributed by atoms with Crippen LogP contribution in [-0.2, 0) is 11.2 Å². The first-order valence-electron chi connectivity index (χ1n) is 7.99. The Morgan fingerprint density at radius 2 is 2.20 bits per heavy atom. The van der Waals surface area contributed by atoms with Gasteiger partial charge < -0.3 is 4.74 Å². The van der Waals surface area contributed by atoms with Crippen LogP contribution in [0.3, 0.4) is 0 Å². The van der Waals surface area contributed by atoms with Crippen molar-refractivity contribution in [3.8, 4) is 0 Å². The maximum atomic E-state index is 12.8. The molecule has 2 heterocycles. The van der Waals surface area contributed by atoms with E-state index in [0.29, 0.717) is 5.78 Å². The second-order valence-corrected chi connectivity index (χ2v) is 7.19. The van der Waals surface area contributed by atoms with Crippen molar-refractivity contribution in [3.63, 3.8) is 0 Å². The van der Waals surface area contributed by atoms with Crippen LogP contribution in [0.15, 0.2) is 11.4 Å². The number of Topliss-reactive ketones (excluding diaryl/α,β-unsaturated/α-hetero) is 1. The highest BCUT2D eigenvalue weighted by Gasteiger charge is 2.41. The van der Waals surface area contributed by atoms with Gasteiger partial charge in [0.1, 0.15) is 0 Å². The second-order valence-electron chi connectivity index (χ2n) is 6.27. The van der Waals surface area contributed by atoms with Crippen molar-refractivity contribution in [2.45, 2.75) is 63.9 Å². The van der Waals surface area contributed by atoms with Gasteiger partial charge in [-0.15, -0.1) is 11.3 Å². The molecule has 1 aliphatic carbocycles. The van der Waals surface area contributed by atoms with Crippen LogP contribution in [0.5, 0.6) is 0 Å².